The highest BCUT2D eigenvalue weighted by atomic mass is 16.5. The third-order valence-corrected chi connectivity index (χ3v) is 3.54. The van der Waals surface area contributed by atoms with Gasteiger partial charge in [-0.2, -0.15) is 0 Å². The predicted octanol–water partition coefficient (Wildman–Crippen LogP) is 3.34. The highest BCUT2D eigenvalue weighted by Gasteiger charge is 2.12. The Kier molecular flexibility index (Phi) is 3.03. The van der Waals surface area contributed by atoms with Crippen molar-refractivity contribution in [1.82, 2.24) is 0 Å². The molecule has 0 unspecified atom stereocenters. The van der Waals surface area contributed by atoms with Crippen LogP contribution in [0.2, 0.25) is 0 Å². The molecule has 3 heteroatoms. The summed E-state index contributed by atoms with van der Waals surface area (Å²) in [7, 11) is 3.31. The Balaban J connectivity index is 2.02. The summed E-state index contributed by atoms with van der Waals surface area (Å²) in [5.41, 5.74) is 4.96. The summed E-state index contributed by atoms with van der Waals surface area (Å²) in [5.74, 6) is 1.51. The number of rotatable bonds is 3. The first-order valence-corrected chi connectivity index (χ1v) is 6.41. The minimum Gasteiger partial charge on any atom is -0.493 e. The van der Waals surface area contributed by atoms with Crippen LogP contribution in [0.1, 0.15) is 5.56 Å². The van der Waals surface area contributed by atoms with Gasteiger partial charge in [-0.05, 0) is 41.3 Å². The second-order valence-electron chi connectivity index (χ2n) is 4.62. The fourth-order valence-electron chi connectivity index (χ4n) is 2.49. The van der Waals surface area contributed by atoms with Crippen molar-refractivity contribution < 1.29 is 9.47 Å². The van der Waals surface area contributed by atoms with Gasteiger partial charge < -0.3 is 14.8 Å². The van der Waals surface area contributed by atoms with Crippen molar-refractivity contribution in [2.45, 2.75) is 6.42 Å². The van der Waals surface area contributed by atoms with Gasteiger partial charge in [-0.25, -0.2) is 0 Å². The summed E-state index contributed by atoms with van der Waals surface area (Å²) < 4.78 is 10.6. The zero-order valence-corrected chi connectivity index (χ0v) is 11.2. The van der Waals surface area contributed by atoms with Crippen molar-refractivity contribution in [1.29, 1.82) is 0 Å². The monoisotopic (exact) mass is 255 g/mol. The summed E-state index contributed by atoms with van der Waals surface area (Å²) >= 11 is 0. The minimum absolute atomic E-state index is 0.755. The van der Waals surface area contributed by atoms with Crippen LogP contribution in [-0.4, -0.2) is 20.8 Å². The van der Waals surface area contributed by atoms with E-state index in [0.29, 0.717) is 0 Å². The fraction of sp³-hybridized carbons (Fsp3) is 0.250. The van der Waals surface area contributed by atoms with E-state index in [1.54, 1.807) is 14.2 Å². The molecule has 0 saturated carbocycles. The Morgan fingerprint density at radius 1 is 0.895 bits per heavy atom. The molecular weight excluding hydrogens is 238 g/mol. The fourth-order valence-corrected chi connectivity index (χ4v) is 2.49. The van der Waals surface area contributed by atoms with Crippen LogP contribution in [0.4, 0.5) is 5.69 Å². The van der Waals surface area contributed by atoms with Crippen molar-refractivity contribution in [2.75, 3.05) is 26.1 Å². The summed E-state index contributed by atoms with van der Waals surface area (Å²) in [5, 5.41) is 3.41. The molecule has 1 aliphatic rings. The average Bonchev–Trinajstić information content (AvgIpc) is 2.93. The normalized spacial score (nSPS) is 12.7. The zero-order chi connectivity index (χ0) is 13.2. The topological polar surface area (TPSA) is 30.5 Å². The van der Waals surface area contributed by atoms with Gasteiger partial charge in [-0.3, -0.25) is 0 Å². The molecular formula is C16H17NO2. The molecule has 0 fully saturated rings. The maximum Gasteiger partial charge on any atom is 0.161 e. The molecule has 19 heavy (non-hydrogen) atoms. The lowest BCUT2D eigenvalue weighted by molar-refractivity contribution is 0.355. The maximum absolute atomic E-state index is 5.35. The minimum atomic E-state index is 0.755. The summed E-state index contributed by atoms with van der Waals surface area (Å²) in [6, 6.07) is 12.6. The summed E-state index contributed by atoms with van der Waals surface area (Å²) in [4.78, 5) is 0. The average molecular weight is 255 g/mol. The summed E-state index contributed by atoms with van der Waals surface area (Å²) in [6.07, 6.45) is 1.11. The van der Waals surface area contributed by atoms with Gasteiger partial charge in [0, 0.05) is 12.2 Å². The third kappa shape index (κ3) is 2.12. The molecule has 0 radical (unpaired) electrons. The largest absolute Gasteiger partial charge is 0.493 e. The van der Waals surface area contributed by atoms with Gasteiger partial charge in [0.15, 0.2) is 11.5 Å². The lowest BCUT2D eigenvalue weighted by Gasteiger charge is -2.10. The molecule has 0 aromatic heterocycles. The molecule has 1 aliphatic heterocycles. The lowest BCUT2D eigenvalue weighted by Crippen LogP contribution is -1.92. The third-order valence-electron chi connectivity index (χ3n) is 3.54. The van der Waals surface area contributed by atoms with Crippen molar-refractivity contribution in [3.63, 3.8) is 0 Å². The van der Waals surface area contributed by atoms with Crippen LogP contribution in [0.25, 0.3) is 11.1 Å². The molecule has 3 nitrogen and oxygen atoms in total. The molecule has 0 atom stereocenters. The zero-order valence-electron chi connectivity index (χ0n) is 11.2. The number of anilines is 1. The standard InChI is InChI=1S/C16H17NO2/c1-18-15-6-5-13(10-16(15)19-2)12-4-3-11-7-8-17-14(11)9-12/h3-6,9-10,17H,7-8H2,1-2H3. The van der Waals surface area contributed by atoms with Crippen LogP contribution in [0.5, 0.6) is 11.5 Å². The Hall–Kier alpha value is -2.16. The number of ether oxygens (including phenoxy) is 2. The number of hydrogen-bond donors (Lipinski definition) is 1. The molecule has 1 heterocycles. The maximum atomic E-state index is 5.35. The van der Waals surface area contributed by atoms with E-state index >= 15 is 0 Å². The first-order chi connectivity index (χ1) is 9.31. The Bertz CT molecular complexity index is 608. The number of hydrogen-bond acceptors (Lipinski definition) is 3. The van der Waals surface area contributed by atoms with Gasteiger partial charge in [0.25, 0.3) is 0 Å². The van der Waals surface area contributed by atoms with Gasteiger partial charge in [-0.15, -0.1) is 0 Å². The smallest absolute Gasteiger partial charge is 0.161 e. The Morgan fingerprint density at radius 3 is 2.42 bits per heavy atom. The van der Waals surface area contributed by atoms with Crippen LogP contribution in [0, 0.1) is 0 Å². The van der Waals surface area contributed by atoms with E-state index in [9.17, 15) is 0 Å². The molecule has 3 rings (SSSR count). The highest BCUT2D eigenvalue weighted by molar-refractivity contribution is 5.73. The van der Waals surface area contributed by atoms with Crippen LogP contribution >= 0.6 is 0 Å². The van der Waals surface area contributed by atoms with Gasteiger partial charge in [0.2, 0.25) is 0 Å². The van der Waals surface area contributed by atoms with E-state index in [1.807, 2.05) is 12.1 Å². The van der Waals surface area contributed by atoms with Crippen LogP contribution in [0.15, 0.2) is 36.4 Å². The molecule has 1 N–H and O–H groups in total. The summed E-state index contributed by atoms with van der Waals surface area (Å²) in [6.45, 7) is 1.03. The van der Waals surface area contributed by atoms with Gasteiger partial charge in [0.1, 0.15) is 0 Å². The van der Waals surface area contributed by atoms with E-state index in [2.05, 4.69) is 29.6 Å². The Labute approximate surface area is 113 Å². The second-order valence-corrected chi connectivity index (χ2v) is 4.62. The molecule has 0 amide bonds. The van der Waals surface area contributed by atoms with Gasteiger partial charge in [0.05, 0.1) is 14.2 Å². The predicted molar refractivity (Wildman–Crippen MR) is 77.2 cm³/mol. The second kappa shape index (κ2) is 4.84. The number of methoxy groups -OCH3 is 2. The van der Waals surface area contributed by atoms with E-state index < -0.39 is 0 Å². The molecule has 0 aliphatic carbocycles. The van der Waals surface area contributed by atoms with E-state index in [4.69, 9.17) is 9.47 Å². The quantitative estimate of drug-likeness (QED) is 0.912. The molecule has 0 saturated heterocycles. The molecule has 2 aromatic rings. The van der Waals surface area contributed by atoms with Crippen molar-refractivity contribution >= 4 is 5.69 Å². The van der Waals surface area contributed by atoms with Crippen LogP contribution in [0.3, 0.4) is 0 Å². The highest BCUT2D eigenvalue weighted by Crippen LogP contribution is 2.34. The first kappa shape index (κ1) is 11.9. The number of nitrogens with one attached hydrogen (secondary N) is 1. The number of benzene rings is 2. The van der Waals surface area contributed by atoms with Crippen molar-refractivity contribution in [2.24, 2.45) is 0 Å². The van der Waals surface area contributed by atoms with E-state index in [-0.39, 0.29) is 0 Å². The molecule has 98 valence electrons. The number of fused-ring (bicyclic) bond motifs is 1. The van der Waals surface area contributed by atoms with Gasteiger partial charge >= 0.3 is 0 Å². The van der Waals surface area contributed by atoms with E-state index in [0.717, 1.165) is 30.0 Å². The van der Waals surface area contributed by atoms with Gasteiger partial charge in [-0.1, -0.05) is 18.2 Å². The first-order valence-electron chi connectivity index (χ1n) is 6.41. The van der Waals surface area contributed by atoms with E-state index in [1.165, 1.54) is 16.8 Å². The van der Waals surface area contributed by atoms with Crippen LogP contribution in [-0.2, 0) is 6.42 Å². The van der Waals surface area contributed by atoms with Crippen molar-refractivity contribution in [3.05, 3.63) is 42.0 Å². The lowest BCUT2D eigenvalue weighted by atomic mass is 10.0. The molecule has 2 aromatic carbocycles. The van der Waals surface area contributed by atoms with Crippen molar-refractivity contribution in [3.8, 4) is 22.6 Å². The SMILES string of the molecule is COc1ccc(-c2ccc3c(c2)NCC3)cc1OC. The van der Waals surface area contributed by atoms with Crippen LogP contribution < -0.4 is 14.8 Å². The Morgan fingerprint density at radius 2 is 1.63 bits per heavy atom. The molecule has 0 bridgehead atoms. The molecule has 0 spiro atoms.